The van der Waals surface area contributed by atoms with E-state index in [0.29, 0.717) is 12.5 Å². The first-order chi connectivity index (χ1) is 9.81. The highest BCUT2D eigenvalue weighted by Crippen LogP contribution is 2.41. The molecule has 1 aromatic carbocycles. The van der Waals surface area contributed by atoms with E-state index in [-0.39, 0.29) is 11.2 Å². The number of para-hydroxylation sites is 1. The van der Waals surface area contributed by atoms with Crippen LogP contribution in [-0.2, 0) is 9.05 Å². The van der Waals surface area contributed by atoms with E-state index in [1.165, 1.54) is 0 Å². The molecule has 0 aromatic heterocycles. The van der Waals surface area contributed by atoms with Crippen LogP contribution in [0.25, 0.3) is 0 Å². The maximum absolute atomic E-state index is 11.5. The standard InChI is InChI=1S/C16H23ClO3S/c1-13(2)14-7-3-4-8-15(14)20-11-16(9-5-6-10-16)12-21(17,18)19/h3-4,7-8,13H,5-6,9-12H2,1-2H3. The third-order valence-corrected chi connectivity index (χ3v) is 5.50. The third kappa shape index (κ3) is 4.62. The van der Waals surface area contributed by atoms with Gasteiger partial charge in [0, 0.05) is 16.1 Å². The minimum absolute atomic E-state index is 0.00536. The molecule has 0 heterocycles. The van der Waals surface area contributed by atoms with Gasteiger partial charge in [-0.25, -0.2) is 8.42 Å². The van der Waals surface area contributed by atoms with Crippen molar-refractivity contribution in [3.05, 3.63) is 29.8 Å². The molecule has 0 N–H and O–H groups in total. The minimum atomic E-state index is -3.50. The molecule has 0 aliphatic heterocycles. The maximum atomic E-state index is 11.5. The van der Waals surface area contributed by atoms with Crippen LogP contribution in [0.2, 0.25) is 0 Å². The molecule has 1 saturated carbocycles. The number of halogens is 1. The normalized spacial score (nSPS) is 18.1. The fourth-order valence-electron chi connectivity index (χ4n) is 3.14. The second-order valence-electron chi connectivity index (χ2n) is 6.37. The molecule has 3 nitrogen and oxygen atoms in total. The van der Waals surface area contributed by atoms with Crippen molar-refractivity contribution in [1.82, 2.24) is 0 Å². The van der Waals surface area contributed by atoms with E-state index in [1.54, 1.807) is 0 Å². The second-order valence-corrected chi connectivity index (χ2v) is 9.15. The van der Waals surface area contributed by atoms with Gasteiger partial charge >= 0.3 is 0 Å². The van der Waals surface area contributed by atoms with Gasteiger partial charge in [-0.1, -0.05) is 44.9 Å². The largest absolute Gasteiger partial charge is 0.493 e. The monoisotopic (exact) mass is 330 g/mol. The van der Waals surface area contributed by atoms with E-state index >= 15 is 0 Å². The van der Waals surface area contributed by atoms with Crippen molar-refractivity contribution in [1.29, 1.82) is 0 Å². The Morgan fingerprint density at radius 2 is 1.86 bits per heavy atom. The van der Waals surface area contributed by atoms with Gasteiger partial charge in [-0.2, -0.15) is 0 Å². The maximum Gasteiger partial charge on any atom is 0.233 e. The van der Waals surface area contributed by atoms with Crippen molar-refractivity contribution >= 4 is 19.7 Å². The lowest BCUT2D eigenvalue weighted by molar-refractivity contribution is 0.169. The molecule has 0 amide bonds. The van der Waals surface area contributed by atoms with Crippen molar-refractivity contribution in [2.75, 3.05) is 12.4 Å². The molecule has 21 heavy (non-hydrogen) atoms. The number of ether oxygens (including phenoxy) is 1. The Bertz CT molecular complexity index is 575. The van der Waals surface area contributed by atoms with E-state index in [4.69, 9.17) is 15.4 Å². The summed E-state index contributed by atoms with van der Waals surface area (Å²) in [7, 11) is 1.98. The average Bonchev–Trinajstić information content (AvgIpc) is 2.83. The Morgan fingerprint density at radius 1 is 1.24 bits per heavy atom. The quantitative estimate of drug-likeness (QED) is 0.730. The van der Waals surface area contributed by atoms with E-state index in [1.807, 2.05) is 18.2 Å². The first-order valence-electron chi connectivity index (χ1n) is 7.45. The summed E-state index contributed by atoms with van der Waals surface area (Å²) in [6, 6.07) is 7.95. The van der Waals surface area contributed by atoms with Crippen LogP contribution in [-0.4, -0.2) is 20.8 Å². The van der Waals surface area contributed by atoms with Crippen molar-refractivity contribution < 1.29 is 13.2 Å². The van der Waals surface area contributed by atoms with Crippen LogP contribution in [0.1, 0.15) is 51.0 Å². The zero-order chi connectivity index (χ0) is 15.5. The molecule has 0 bridgehead atoms. The van der Waals surface area contributed by atoms with Crippen LogP contribution in [0.5, 0.6) is 5.75 Å². The highest BCUT2D eigenvalue weighted by Gasteiger charge is 2.38. The van der Waals surface area contributed by atoms with Crippen molar-refractivity contribution in [2.24, 2.45) is 5.41 Å². The topological polar surface area (TPSA) is 43.4 Å². The zero-order valence-electron chi connectivity index (χ0n) is 12.6. The van der Waals surface area contributed by atoms with Gasteiger partial charge in [0.15, 0.2) is 0 Å². The molecule has 1 aromatic rings. The Hall–Kier alpha value is -0.740. The third-order valence-electron chi connectivity index (χ3n) is 4.22. The van der Waals surface area contributed by atoms with E-state index in [2.05, 4.69) is 19.9 Å². The van der Waals surface area contributed by atoms with Gasteiger partial charge in [0.05, 0.1) is 12.4 Å². The second kappa shape index (κ2) is 6.57. The lowest BCUT2D eigenvalue weighted by atomic mass is 9.90. The zero-order valence-corrected chi connectivity index (χ0v) is 14.2. The molecule has 118 valence electrons. The van der Waals surface area contributed by atoms with E-state index < -0.39 is 9.05 Å². The van der Waals surface area contributed by atoms with Gasteiger partial charge in [0.1, 0.15) is 5.75 Å². The number of hydrogen-bond donors (Lipinski definition) is 0. The first-order valence-corrected chi connectivity index (χ1v) is 9.93. The van der Waals surface area contributed by atoms with Crippen LogP contribution in [0, 0.1) is 5.41 Å². The molecule has 0 spiro atoms. The van der Waals surface area contributed by atoms with E-state index in [9.17, 15) is 8.42 Å². The molecular weight excluding hydrogens is 308 g/mol. The summed E-state index contributed by atoms with van der Waals surface area (Å²) in [6.07, 6.45) is 3.81. The SMILES string of the molecule is CC(C)c1ccccc1OCC1(CS(=O)(=O)Cl)CCCC1. The molecule has 0 atom stereocenters. The van der Waals surface area contributed by atoms with Crippen LogP contribution < -0.4 is 4.74 Å². The number of rotatable bonds is 6. The van der Waals surface area contributed by atoms with Gasteiger partial charge in [0.25, 0.3) is 0 Å². The lowest BCUT2D eigenvalue weighted by Crippen LogP contribution is -2.32. The Balaban J connectivity index is 2.13. The van der Waals surface area contributed by atoms with Crippen molar-refractivity contribution in [2.45, 2.75) is 45.4 Å². The van der Waals surface area contributed by atoms with Crippen molar-refractivity contribution in [3.63, 3.8) is 0 Å². The fraction of sp³-hybridized carbons (Fsp3) is 0.625. The molecule has 1 fully saturated rings. The predicted octanol–water partition coefficient (Wildman–Crippen LogP) is 4.32. The molecular formula is C16H23ClO3S. The molecule has 0 saturated heterocycles. The molecule has 1 aliphatic rings. The summed E-state index contributed by atoms with van der Waals surface area (Å²) in [5.41, 5.74) is 0.824. The van der Waals surface area contributed by atoms with Crippen LogP contribution in [0.3, 0.4) is 0 Å². The minimum Gasteiger partial charge on any atom is -0.493 e. The Morgan fingerprint density at radius 3 is 2.43 bits per heavy atom. The van der Waals surface area contributed by atoms with Gasteiger partial charge in [-0.15, -0.1) is 0 Å². The van der Waals surface area contributed by atoms with Gasteiger partial charge in [0.2, 0.25) is 9.05 Å². The first kappa shape index (κ1) is 16.6. The molecule has 5 heteroatoms. The lowest BCUT2D eigenvalue weighted by Gasteiger charge is -2.28. The van der Waals surface area contributed by atoms with Gasteiger partial charge < -0.3 is 4.74 Å². The fourth-order valence-corrected chi connectivity index (χ4v) is 4.94. The highest BCUT2D eigenvalue weighted by molar-refractivity contribution is 8.13. The summed E-state index contributed by atoms with van der Waals surface area (Å²) >= 11 is 0. The van der Waals surface area contributed by atoms with Gasteiger partial charge in [-0.05, 0) is 30.4 Å². The molecule has 0 unspecified atom stereocenters. The molecule has 2 rings (SSSR count). The smallest absolute Gasteiger partial charge is 0.233 e. The Labute approximate surface area is 132 Å². The summed E-state index contributed by atoms with van der Waals surface area (Å²) in [6.45, 7) is 4.66. The highest BCUT2D eigenvalue weighted by atomic mass is 35.7. The summed E-state index contributed by atoms with van der Waals surface area (Å²) in [4.78, 5) is 0. The predicted molar refractivity (Wildman–Crippen MR) is 86.6 cm³/mol. The summed E-state index contributed by atoms with van der Waals surface area (Å²) in [5, 5.41) is 0. The molecule has 1 aliphatic carbocycles. The van der Waals surface area contributed by atoms with Crippen LogP contribution >= 0.6 is 10.7 Å². The molecule has 0 radical (unpaired) electrons. The summed E-state index contributed by atoms with van der Waals surface area (Å²) < 4.78 is 29.0. The Kier molecular flexibility index (Phi) is 5.20. The van der Waals surface area contributed by atoms with E-state index in [0.717, 1.165) is 37.0 Å². The van der Waals surface area contributed by atoms with Crippen molar-refractivity contribution in [3.8, 4) is 5.75 Å². The average molecular weight is 331 g/mol. The van der Waals surface area contributed by atoms with Crippen LogP contribution in [0.15, 0.2) is 24.3 Å². The van der Waals surface area contributed by atoms with Crippen LogP contribution in [0.4, 0.5) is 0 Å². The number of hydrogen-bond acceptors (Lipinski definition) is 3. The summed E-state index contributed by atoms with van der Waals surface area (Å²) in [5.74, 6) is 1.23. The van der Waals surface area contributed by atoms with Gasteiger partial charge in [-0.3, -0.25) is 0 Å². The number of benzene rings is 1.